The van der Waals surface area contributed by atoms with Crippen LogP contribution >= 0.6 is 0 Å². The van der Waals surface area contributed by atoms with Crippen LogP contribution in [0.25, 0.3) is 85.4 Å². The van der Waals surface area contributed by atoms with Gasteiger partial charge in [-0.05, 0) is 192 Å². The first-order chi connectivity index (χ1) is 63.1. The Labute approximate surface area is 765 Å². The van der Waals surface area contributed by atoms with Gasteiger partial charge in [0.05, 0.1) is 44.8 Å². The molecule has 1 aliphatic carbocycles. The van der Waals surface area contributed by atoms with Gasteiger partial charge < -0.3 is 48.5 Å². The summed E-state index contributed by atoms with van der Waals surface area (Å²) in [7, 11) is 0. The molecule has 17 aromatic rings. The Morgan fingerprint density at radius 2 is 0.886 bits per heavy atom. The maximum absolute atomic E-state index is 13.4. The molecule has 5 aromatic heterocycles. The van der Waals surface area contributed by atoms with Crippen molar-refractivity contribution in [2.24, 2.45) is 5.92 Å². The van der Waals surface area contributed by atoms with Crippen molar-refractivity contribution >= 4 is 97.7 Å². The molecule has 1 aliphatic rings. The molecule has 132 heavy (non-hydrogen) atoms. The first-order valence-corrected chi connectivity index (χ1v) is 41.8. The van der Waals surface area contributed by atoms with Crippen LogP contribution < -0.4 is 33.2 Å². The highest BCUT2D eigenvalue weighted by Gasteiger charge is 2.29. The monoisotopic (exact) mass is 1760 g/mol. The fraction of sp³-hybridized carbons (Fsp3) is 0.136. The summed E-state index contributed by atoms with van der Waals surface area (Å²) in [5.41, 5.74) is 16.5. The van der Waals surface area contributed by atoms with Crippen molar-refractivity contribution in [1.82, 2.24) is 40.6 Å². The average Bonchev–Trinajstić information content (AvgIpc) is 0.817. The van der Waals surface area contributed by atoms with Crippen molar-refractivity contribution in [3.8, 4) is 51.6 Å². The maximum atomic E-state index is 13.4. The third-order valence-electron chi connectivity index (χ3n) is 20.8. The number of rotatable bonds is 30. The molecule has 0 fully saturated rings. The van der Waals surface area contributed by atoms with Gasteiger partial charge in [0.1, 0.15) is 73.3 Å². The number of hydrogen-bond acceptors (Lipinski definition) is 18. The highest BCUT2D eigenvalue weighted by molar-refractivity contribution is 6.01. The number of carboxylic acids is 3. The van der Waals surface area contributed by atoms with Crippen molar-refractivity contribution in [2.75, 3.05) is 6.61 Å². The van der Waals surface area contributed by atoms with Crippen LogP contribution in [0.15, 0.2) is 340 Å². The summed E-state index contributed by atoms with van der Waals surface area (Å²) in [5.74, 6) is 2.12. The van der Waals surface area contributed by atoms with Crippen LogP contribution in [0.3, 0.4) is 0 Å². The molecule has 5 heterocycles. The second-order valence-electron chi connectivity index (χ2n) is 30.0. The van der Waals surface area contributed by atoms with Crippen LogP contribution in [0.5, 0.6) is 40.2 Å². The van der Waals surface area contributed by atoms with E-state index in [1.54, 1.807) is 30.3 Å². The minimum Gasteiger partial charge on any atom is -0.489 e. The molecule has 22 nitrogen and oxygen atoms in total. The number of fused-ring (bicyclic) bond motifs is 5. The summed E-state index contributed by atoms with van der Waals surface area (Å²) in [6, 6.07) is 107. The summed E-state index contributed by atoms with van der Waals surface area (Å²) in [5, 5.41) is 45.4. The maximum Gasteiger partial charge on any atom is 0.344 e. The first kappa shape index (κ1) is 94.4. The summed E-state index contributed by atoms with van der Waals surface area (Å²) < 4.78 is 40.4. The molecule has 0 spiro atoms. The Balaban J connectivity index is 0.000000158. The molecule has 0 saturated heterocycles. The zero-order chi connectivity index (χ0) is 88.9. The number of aromatic amines is 1. The number of para-hydroxylation sites is 6. The van der Waals surface area contributed by atoms with Crippen LogP contribution in [0.1, 0.15) is 113 Å². The van der Waals surface area contributed by atoms with Crippen LogP contribution in [0, 0.1) is 5.92 Å². The molecule has 2 atom stereocenters. The van der Waals surface area contributed by atoms with Gasteiger partial charge in [0.2, 0.25) is 5.82 Å². The number of pyridine rings is 4. The minimum absolute atomic E-state index is 0. The van der Waals surface area contributed by atoms with Crippen molar-refractivity contribution in [3.05, 3.63) is 413 Å². The smallest absolute Gasteiger partial charge is 0.344 e. The predicted molar refractivity (Wildman–Crippen MR) is 519 cm³/mol. The number of Topliss-reactive ketones (excluding diaryl/α,β-unsaturated/α-hetero) is 1. The van der Waals surface area contributed by atoms with Crippen LogP contribution in [-0.2, 0) is 60.3 Å². The number of carbonyl (C=O) groups is 4. The van der Waals surface area contributed by atoms with E-state index in [1.807, 2.05) is 315 Å². The molecule has 12 aromatic carbocycles. The van der Waals surface area contributed by atoms with E-state index in [0.717, 1.165) is 147 Å². The molecule has 0 radical (unpaired) electrons. The normalized spacial score (nSPS) is 12.1. The Kier molecular flexibility index (Phi) is 33.7. The molecule has 22 heteroatoms. The number of ketones is 1. The van der Waals surface area contributed by atoms with Gasteiger partial charge >= 0.3 is 17.9 Å². The van der Waals surface area contributed by atoms with E-state index in [1.165, 1.54) is 6.92 Å². The van der Waals surface area contributed by atoms with E-state index in [9.17, 15) is 19.2 Å². The van der Waals surface area contributed by atoms with E-state index < -0.39 is 30.6 Å². The van der Waals surface area contributed by atoms with E-state index >= 15 is 0 Å². The molecule has 4 N–H and O–H groups in total. The van der Waals surface area contributed by atoms with E-state index in [4.69, 9.17) is 48.5 Å². The molecular formula is C110H100N8O14. The fourth-order valence-electron chi connectivity index (χ4n) is 14.1. The molecule has 0 aliphatic heterocycles. The number of benzene rings is 12. The summed E-state index contributed by atoms with van der Waals surface area (Å²) in [6.45, 7) is 2.72. The third kappa shape index (κ3) is 26.9. The van der Waals surface area contributed by atoms with Gasteiger partial charge in [0.25, 0.3) is 0 Å². The number of aryl methyl sites for hydroxylation is 1. The van der Waals surface area contributed by atoms with Crippen LogP contribution in [0.4, 0.5) is 0 Å². The van der Waals surface area contributed by atoms with Crippen molar-refractivity contribution in [1.29, 1.82) is 0 Å². The summed E-state index contributed by atoms with van der Waals surface area (Å²) in [4.78, 5) is 64.6. The molecule has 664 valence electrons. The number of aromatic nitrogens is 8. The van der Waals surface area contributed by atoms with Crippen LogP contribution in [-0.4, -0.2) is 92.3 Å². The van der Waals surface area contributed by atoms with Crippen molar-refractivity contribution in [2.45, 2.75) is 87.6 Å². The molecule has 0 bridgehead atoms. The zero-order valence-electron chi connectivity index (χ0n) is 70.2. The van der Waals surface area contributed by atoms with Crippen molar-refractivity contribution < 1.29 is 67.7 Å². The number of nitrogens with one attached hydrogen (secondary N) is 1. The first-order valence-electron chi connectivity index (χ1n) is 41.8. The molecule has 0 amide bonds. The molecule has 2 unspecified atom stereocenters. The second kappa shape index (κ2) is 47.2. The van der Waals surface area contributed by atoms with Crippen LogP contribution in [0.2, 0.25) is 0 Å². The largest absolute Gasteiger partial charge is 0.489 e. The lowest BCUT2D eigenvalue weighted by atomic mass is 9.79. The number of tetrazole rings is 1. The Morgan fingerprint density at radius 3 is 1.43 bits per heavy atom. The Bertz CT molecular complexity index is 6850. The molecular weight excluding hydrogens is 1660 g/mol. The van der Waals surface area contributed by atoms with Gasteiger partial charge in [-0.3, -0.25) is 4.79 Å². The standard InChI is InChI=1S/C28H23N5O2.C27H23NO4.C27H21NO3.C25H21NO5.3CH4/c34-27-21(14-18-4-3-6-22(15-18)28-30-32-33-31-28)9-8-19-11-13-24(16-25(19)27)35-17-23-12-10-20-5-1-2-7-26(20)29-23;1-19(27(29)30)32-26-9-5-3-7-22(26)18-31-24-16-11-20(12-17-24)10-14-23-15-13-21-6-2-4-8-25(21)28-23;29-27(30)18-14-22-6-2-1-5-21(22)12-9-20-10-16-25(17-11-20)31-19-24-15-13-23-7-3-4-8-26(23)28-24;27-25(28)17-31-24-11-4-2-7-19(24)15-29-21-8-5-9-22(14-21)30-16-20-13-12-18-6-1-3-10-23(18)26-20;;;/h1-7,10-13,15-16,21H,8-9,14,17H2,(H,30,31,32,33);2-17,19H,18H2,1H3,(H,29,30);1-18H,19H2,(H,29,30);1-14H,15-17H2,(H,27,28);3*1H4/b;14-10+;12-9+,18-14+;;;;. The van der Waals surface area contributed by atoms with E-state index in [-0.39, 0.29) is 47.2 Å². The molecule has 0 saturated carbocycles. The van der Waals surface area contributed by atoms with E-state index in [2.05, 4.69) is 58.8 Å². The predicted octanol–water partition coefficient (Wildman–Crippen LogP) is 23.7. The number of aliphatic carboxylic acids is 3. The van der Waals surface area contributed by atoms with Gasteiger partial charge in [-0.2, -0.15) is 5.21 Å². The zero-order valence-corrected chi connectivity index (χ0v) is 70.2. The topological polar surface area (TPSA) is 300 Å². The van der Waals surface area contributed by atoms with Crippen molar-refractivity contribution in [3.63, 3.8) is 0 Å². The Morgan fingerprint density at radius 1 is 0.424 bits per heavy atom. The summed E-state index contributed by atoms with van der Waals surface area (Å²) >= 11 is 0. The number of hydrogen-bond donors (Lipinski definition) is 4. The highest BCUT2D eigenvalue weighted by atomic mass is 16.5. The lowest BCUT2D eigenvalue weighted by Crippen LogP contribution is -2.24. The quantitative estimate of drug-likeness (QED) is 0.0240. The van der Waals surface area contributed by atoms with Gasteiger partial charge in [-0.25, -0.2) is 34.3 Å². The number of ether oxygens (including phenoxy) is 7. The third-order valence-corrected chi connectivity index (χ3v) is 20.8. The minimum atomic E-state index is -1.03. The molecule has 18 rings (SSSR count). The fourth-order valence-corrected chi connectivity index (χ4v) is 14.1. The summed E-state index contributed by atoms with van der Waals surface area (Å²) in [6.07, 6.45) is 12.1. The second-order valence-corrected chi connectivity index (χ2v) is 30.0. The van der Waals surface area contributed by atoms with Gasteiger partial charge in [0.15, 0.2) is 18.5 Å². The number of nitrogens with zero attached hydrogens (tertiary/aromatic N) is 7. The van der Waals surface area contributed by atoms with E-state index in [0.29, 0.717) is 66.6 Å². The van der Waals surface area contributed by atoms with Gasteiger partial charge in [-0.15, -0.1) is 10.2 Å². The average molecular weight is 1760 g/mol. The highest BCUT2D eigenvalue weighted by Crippen LogP contribution is 2.34. The number of H-pyrrole nitrogens is 1. The number of carboxylic acid groups (broad SMARTS) is 3. The lowest BCUT2D eigenvalue weighted by Gasteiger charge is -2.24. The van der Waals surface area contributed by atoms with Gasteiger partial charge in [0, 0.05) is 61.9 Å². The Hall–Kier alpha value is -16.8. The SMILES string of the molecule is C.C.C.CC(Oc1ccccc1COc1ccc(/C=C/c2ccc3ccccc3n2)cc1)C(=O)O.O=C(O)/C=C/c1ccccc1/C=C/c1ccc(OCc2ccc3ccccc3n2)cc1.O=C(O)COc1ccccc1COc1cccc(OCc2ccc3ccccc3n2)c1.O=C1c2cc(OCc3ccc4ccccc4n3)ccc2CCC1Cc1cccc(-c2nn[nH]n2)c1. The lowest BCUT2D eigenvalue weighted by molar-refractivity contribution is -0.144. The number of carbonyl (C=O) groups excluding carboxylic acids is 1. The van der Waals surface area contributed by atoms with Gasteiger partial charge in [-0.1, -0.05) is 253 Å².